The van der Waals surface area contributed by atoms with E-state index in [9.17, 15) is 4.79 Å². The Morgan fingerprint density at radius 1 is 0.885 bits per heavy atom. The lowest BCUT2D eigenvalue weighted by molar-refractivity contribution is 0.0713. The zero-order valence-electron chi connectivity index (χ0n) is 13.7. The first-order valence-corrected chi connectivity index (χ1v) is 9.13. The topological polar surface area (TPSA) is 32.3 Å². The van der Waals surface area contributed by atoms with Crippen LogP contribution in [0.3, 0.4) is 0 Å². The molecule has 5 heteroatoms. The van der Waals surface area contributed by atoms with Gasteiger partial charge in [-0.15, -0.1) is 0 Å². The highest BCUT2D eigenvalue weighted by Crippen LogP contribution is 2.47. The first-order chi connectivity index (χ1) is 12.6. The Bertz CT molecular complexity index is 1020. The van der Waals surface area contributed by atoms with Gasteiger partial charge in [-0.3, -0.25) is 4.79 Å². The quantitative estimate of drug-likeness (QED) is 0.596. The molecule has 1 heterocycles. The number of carbonyl (C=O) groups excluding carboxylic acids is 1. The van der Waals surface area contributed by atoms with Gasteiger partial charge in [-0.05, 0) is 34.4 Å². The van der Waals surface area contributed by atoms with Gasteiger partial charge in [0.15, 0.2) is 0 Å². The maximum atomic E-state index is 13.3. The molecule has 3 aromatic rings. The number of nitrogens with zero attached hydrogens (tertiary/aromatic N) is 1. The standard InChI is InChI=1S/C21H14Cl2N2O/c22-12-9-17-19(18(23)10-12)24-11-25(21(17)26)20-15-7-3-1-5-13(15)14-6-2-4-8-16(14)20/h1-10,20,24H,11H2. The Kier molecular flexibility index (Phi) is 3.49. The molecule has 26 heavy (non-hydrogen) atoms. The molecule has 1 N–H and O–H groups in total. The number of amides is 1. The second-order valence-corrected chi connectivity index (χ2v) is 7.34. The molecule has 0 radical (unpaired) electrons. The van der Waals surface area contributed by atoms with Gasteiger partial charge in [0.2, 0.25) is 0 Å². The fourth-order valence-corrected chi connectivity index (χ4v) is 4.55. The van der Waals surface area contributed by atoms with Gasteiger partial charge in [0.05, 0.1) is 29.0 Å². The number of fused-ring (bicyclic) bond motifs is 4. The Balaban J connectivity index is 1.66. The van der Waals surface area contributed by atoms with Crippen LogP contribution in [0.2, 0.25) is 10.0 Å². The van der Waals surface area contributed by atoms with Gasteiger partial charge < -0.3 is 10.2 Å². The Labute approximate surface area is 161 Å². The molecule has 5 rings (SSSR count). The van der Waals surface area contributed by atoms with Crippen molar-refractivity contribution in [1.29, 1.82) is 0 Å². The van der Waals surface area contributed by atoms with Gasteiger partial charge in [0, 0.05) is 5.02 Å². The lowest BCUT2D eigenvalue weighted by Crippen LogP contribution is -2.42. The molecule has 0 unspecified atom stereocenters. The summed E-state index contributed by atoms with van der Waals surface area (Å²) in [7, 11) is 0. The summed E-state index contributed by atoms with van der Waals surface area (Å²) in [6.45, 7) is 0.389. The van der Waals surface area contributed by atoms with E-state index in [1.165, 1.54) is 11.1 Å². The van der Waals surface area contributed by atoms with E-state index in [4.69, 9.17) is 23.2 Å². The fraction of sp³-hybridized carbons (Fsp3) is 0.0952. The minimum atomic E-state index is -0.131. The third kappa shape index (κ3) is 2.17. The lowest BCUT2D eigenvalue weighted by Gasteiger charge is -2.35. The summed E-state index contributed by atoms with van der Waals surface area (Å²) < 4.78 is 0. The van der Waals surface area contributed by atoms with Crippen LogP contribution < -0.4 is 5.32 Å². The normalized spacial score (nSPS) is 15.3. The van der Waals surface area contributed by atoms with Gasteiger partial charge in [-0.2, -0.15) is 0 Å². The van der Waals surface area contributed by atoms with Crippen LogP contribution in [0.1, 0.15) is 27.5 Å². The Morgan fingerprint density at radius 2 is 1.50 bits per heavy atom. The van der Waals surface area contributed by atoms with E-state index >= 15 is 0 Å². The molecule has 0 saturated carbocycles. The third-order valence-corrected chi connectivity index (χ3v) is 5.60. The van der Waals surface area contributed by atoms with E-state index in [1.807, 2.05) is 29.2 Å². The summed E-state index contributed by atoms with van der Waals surface area (Å²) in [6, 6.07) is 19.7. The average Bonchev–Trinajstić information content (AvgIpc) is 2.97. The van der Waals surface area contributed by atoms with Gasteiger partial charge in [0.25, 0.3) is 5.91 Å². The minimum absolute atomic E-state index is 0.0698. The van der Waals surface area contributed by atoms with E-state index in [0.29, 0.717) is 28.0 Å². The second kappa shape index (κ2) is 5.76. The third-order valence-electron chi connectivity index (χ3n) is 5.09. The van der Waals surface area contributed by atoms with Crippen molar-refractivity contribution in [2.75, 3.05) is 12.0 Å². The van der Waals surface area contributed by atoms with Crippen LogP contribution in [0.25, 0.3) is 11.1 Å². The Hall–Kier alpha value is -2.49. The molecule has 2 aliphatic rings. The maximum absolute atomic E-state index is 13.3. The molecule has 3 aromatic carbocycles. The number of hydrogen-bond acceptors (Lipinski definition) is 2. The number of anilines is 1. The smallest absolute Gasteiger partial charge is 0.258 e. The zero-order valence-corrected chi connectivity index (χ0v) is 15.2. The number of nitrogens with one attached hydrogen (secondary N) is 1. The number of benzene rings is 3. The van der Waals surface area contributed by atoms with Crippen LogP contribution in [0, 0.1) is 0 Å². The molecular formula is C21H14Cl2N2O. The average molecular weight is 381 g/mol. The van der Waals surface area contributed by atoms with Gasteiger partial charge >= 0.3 is 0 Å². The molecule has 128 valence electrons. The molecule has 3 nitrogen and oxygen atoms in total. The van der Waals surface area contributed by atoms with Crippen molar-refractivity contribution in [2.45, 2.75) is 6.04 Å². The van der Waals surface area contributed by atoms with Crippen molar-refractivity contribution in [1.82, 2.24) is 4.90 Å². The summed E-state index contributed by atoms with van der Waals surface area (Å²) in [5, 5.41) is 4.21. The highest BCUT2D eigenvalue weighted by molar-refractivity contribution is 6.37. The predicted octanol–water partition coefficient (Wildman–Crippen LogP) is 5.59. The summed E-state index contributed by atoms with van der Waals surface area (Å²) in [5.41, 5.74) is 5.79. The number of rotatable bonds is 1. The summed E-state index contributed by atoms with van der Waals surface area (Å²) in [5.74, 6) is -0.0698. The molecule has 0 atom stereocenters. The summed E-state index contributed by atoms with van der Waals surface area (Å²) in [4.78, 5) is 15.1. The molecule has 1 amide bonds. The zero-order chi connectivity index (χ0) is 17.8. The molecule has 0 saturated heterocycles. The van der Waals surface area contributed by atoms with Crippen LogP contribution in [-0.4, -0.2) is 17.5 Å². The highest BCUT2D eigenvalue weighted by Gasteiger charge is 2.38. The summed E-state index contributed by atoms with van der Waals surface area (Å²) in [6.07, 6.45) is 0. The monoisotopic (exact) mass is 380 g/mol. The number of hydrogen-bond donors (Lipinski definition) is 1. The van der Waals surface area contributed by atoms with E-state index in [1.54, 1.807) is 12.1 Å². The Morgan fingerprint density at radius 3 is 2.15 bits per heavy atom. The molecular weight excluding hydrogens is 367 g/mol. The molecule has 0 bridgehead atoms. The minimum Gasteiger partial charge on any atom is -0.366 e. The van der Waals surface area contributed by atoms with Crippen molar-refractivity contribution in [2.24, 2.45) is 0 Å². The van der Waals surface area contributed by atoms with Gasteiger partial charge in [-0.1, -0.05) is 71.7 Å². The highest BCUT2D eigenvalue weighted by atomic mass is 35.5. The van der Waals surface area contributed by atoms with Gasteiger partial charge in [0.1, 0.15) is 0 Å². The fourth-order valence-electron chi connectivity index (χ4n) is 3.99. The maximum Gasteiger partial charge on any atom is 0.258 e. The molecule has 0 spiro atoms. The van der Waals surface area contributed by atoms with Crippen LogP contribution >= 0.6 is 23.2 Å². The van der Waals surface area contributed by atoms with Crippen molar-refractivity contribution < 1.29 is 4.79 Å². The summed E-state index contributed by atoms with van der Waals surface area (Å²) >= 11 is 12.4. The van der Waals surface area contributed by atoms with Crippen molar-refractivity contribution in [3.63, 3.8) is 0 Å². The molecule has 1 aliphatic heterocycles. The molecule has 0 fully saturated rings. The molecule has 1 aliphatic carbocycles. The van der Waals surface area contributed by atoms with E-state index in [2.05, 4.69) is 29.6 Å². The first kappa shape index (κ1) is 15.7. The van der Waals surface area contributed by atoms with Crippen molar-refractivity contribution in [3.8, 4) is 11.1 Å². The van der Waals surface area contributed by atoms with E-state index in [-0.39, 0.29) is 11.9 Å². The van der Waals surface area contributed by atoms with Gasteiger partial charge in [-0.25, -0.2) is 0 Å². The second-order valence-electron chi connectivity index (χ2n) is 6.50. The first-order valence-electron chi connectivity index (χ1n) is 8.37. The largest absolute Gasteiger partial charge is 0.366 e. The predicted molar refractivity (Wildman–Crippen MR) is 105 cm³/mol. The SMILES string of the molecule is O=C1c2cc(Cl)cc(Cl)c2NCN1C1c2ccccc2-c2ccccc21. The molecule has 0 aromatic heterocycles. The lowest BCUT2D eigenvalue weighted by atomic mass is 10.0. The van der Waals surface area contributed by atoms with Crippen LogP contribution in [0.15, 0.2) is 60.7 Å². The van der Waals surface area contributed by atoms with Crippen LogP contribution in [-0.2, 0) is 0 Å². The van der Waals surface area contributed by atoms with E-state index in [0.717, 1.165) is 11.1 Å². The van der Waals surface area contributed by atoms with Crippen molar-refractivity contribution in [3.05, 3.63) is 87.4 Å². The number of halogens is 2. The number of carbonyl (C=O) groups is 1. The van der Waals surface area contributed by atoms with Crippen LogP contribution in [0.4, 0.5) is 5.69 Å². The van der Waals surface area contributed by atoms with Crippen molar-refractivity contribution >= 4 is 34.8 Å². The van der Waals surface area contributed by atoms with Crippen LogP contribution in [0.5, 0.6) is 0 Å². The van der Waals surface area contributed by atoms with E-state index < -0.39 is 0 Å².